The van der Waals surface area contributed by atoms with Crippen molar-refractivity contribution in [1.82, 2.24) is 15.5 Å². The normalized spacial score (nSPS) is 17.2. The number of amides is 1. The number of nitrogens with one attached hydrogen (secondary N) is 1. The lowest BCUT2D eigenvalue weighted by molar-refractivity contribution is -0.121. The molecule has 0 saturated carbocycles. The molecule has 1 amide bonds. The first-order valence-electron chi connectivity index (χ1n) is 8.75. The van der Waals surface area contributed by atoms with Crippen LogP contribution in [0.15, 0.2) is 28.6 Å². The number of carbonyl (C=O) groups is 1. The maximum Gasteiger partial charge on any atom is 0.239 e. The topological polar surface area (TPSA) is 101 Å². The molecule has 2 aromatic rings. The maximum absolute atomic E-state index is 13.0. The number of carbonyl (C=O) groups excluding carboxylic acids is 1. The second kappa shape index (κ2) is 8.50. The van der Waals surface area contributed by atoms with E-state index < -0.39 is 27.0 Å². The third kappa shape index (κ3) is 4.47. The van der Waals surface area contributed by atoms with Gasteiger partial charge < -0.3 is 15.0 Å². The molecule has 1 fully saturated rings. The molecule has 3 rings (SSSR count). The zero-order valence-electron chi connectivity index (χ0n) is 15.5. The summed E-state index contributed by atoms with van der Waals surface area (Å²) >= 11 is 0.947. The minimum atomic E-state index is -3.98. The van der Waals surface area contributed by atoms with Gasteiger partial charge in [0.2, 0.25) is 25.2 Å². The van der Waals surface area contributed by atoms with Crippen molar-refractivity contribution in [1.29, 1.82) is 0 Å². The predicted octanol–water partition coefficient (Wildman–Crippen LogP) is 1.55. The van der Waals surface area contributed by atoms with Crippen molar-refractivity contribution in [2.45, 2.75) is 29.5 Å². The van der Waals surface area contributed by atoms with Crippen molar-refractivity contribution in [2.75, 3.05) is 31.2 Å². The Labute approximate surface area is 166 Å². The van der Waals surface area contributed by atoms with E-state index in [-0.39, 0.29) is 10.2 Å². The molecule has 2 atom stereocenters. The Kier molecular flexibility index (Phi) is 6.26. The van der Waals surface area contributed by atoms with Gasteiger partial charge in [-0.15, -0.1) is 10.2 Å². The molecule has 1 aromatic heterocycles. The van der Waals surface area contributed by atoms with E-state index in [9.17, 15) is 17.6 Å². The fourth-order valence-corrected chi connectivity index (χ4v) is 5.22. The first-order valence-corrected chi connectivity index (χ1v) is 11.1. The number of benzene rings is 1. The van der Waals surface area contributed by atoms with Crippen molar-refractivity contribution in [2.24, 2.45) is 0 Å². The highest BCUT2D eigenvalue weighted by atomic mass is 32.2. The fourth-order valence-electron chi connectivity index (χ4n) is 2.66. The zero-order chi connectivity index (χ0) is 20.3. The SMILES string of the molecule is C[C@H](C(=O)N[C@H](C)c1ccc(F)cc1)S(=O)(=O)c1nnc(N2CCOCC2)s1. The zero-order valence-corrected chi connectivity index (χ0v) is 17.1. The Morgan fingerprint density at radius 3 is 2.50 bits per heavy atom. The molecular formula is C17H21FN4O4S2. The standard InChI is InChI=1S/C17H21FN4O4S2/c1-11(13-3-5-14(18)6-4-13)19-15(23)12(2)28(24,25)17-21-20-16(27-17)22-7-9-26-10-8-22/h3-6,11-12H,7-10H2,1-2H3,(H,19,23)/t11-,12-/m1/s1. The van der Waals surface area contributed by atoms with E-state index in [4.69, 9.17) is 4.74 Å². The Balaban J connectivity index is 1.69. The Morgan fingerprint density at radius 2 is 1.86 bits per heavy atom. The van der Waals surface area contributed by atoms with Crippen LogP contribution in [0.4, 0.5) is 9.52 Å². The Hall–Kier alpha value is -2.11. The minimum absolute atomic E-state index is 0.189. The number of anilines is 1. The molecule has 8 nitrogen and oxygen atoms in total. The van der Waals surface area contributed by atoms with Crippen LogP contribution in [0.3, 0.4) is 0 Å². The Morgan fingerprint density at radius 1 is 1.21 bits per heavy atom. The van der Waals surface area contributed by atoms with Crippen LogP contribution >= 0.6 is 11.3 Å². The highest BCUT2D eigenvalue weighted by Gasteiger charge is 2.34. The second-order valence-electron chi connectivity index (χ2n) is 6.42. The van der Waals surface area contributed by atoms with Crippen molar-refractivity contribution < 1.29 is 22.3 Å². The first kappa shape index (κ1) is 20.6. The van der Waals surface area contributed by atoms with Crippen LogP contribution in [0.1, 0.15) is 25.5 Å². The summed E-state index contributed by atoms with van der Waals surface area (Å²) in [5, 5.41) is 9.56. The summed E-state index contributed by atoms with van der Waals surface area (Å²) in [5.41, 5.74) is 0.671. The average molecular weight is 429 g/mol. The van der Waals surface area contributed by atoms with Gasteiger partial charge in [0.25, 0.3) is 0 Å². The summed E-state index contributed by atoms with van der Waals surface area (Å²) in [4.78, 5) is 14.4. The van der Waals surface area contributed by atoms with E-state index in [0.717, 1.165) is 11.3 Å². The van der Waals surface area contributed by atoms with E-state index in [2.05, 4.69) is 15.5 Å². The molecule has 2 heterocycles. The molecule has 1 saturated heterocycles. The van der Waals surface area contributed by atoms with E-state index in [1.54, 1.807) is 19.1 Å². The lowest BCUT2D eigenvalue weighted by atomic mass is 10.1. The van der Waals surface area contributed by atoms with Gasteiger partial charge in [-0.2, -0.15) is 0 Å². The molecule has 152 valence electrons. The van der Waals surface area contributed by atoms with Gasteiger partial charge in [-0.25, -0.2) is 12.8 Å². The van der Waals surface area contributed by atoms with E-state index in [1.807, 2.05) is 4.90 Å². The minimum Gasteiger partial charge on any atom is -0.378 e. The summed E-state index contributed by atoms with van der Waals surface area (Å²) in [7, 11) is -3.98. The average Bonchev–Trinajstić information content (AvgIpc) is 3.19. The van der Waals surface area contributed by atoms with Gasteiger partial charge in [0.05, 0.1) is 19.3 Å². The lowest BCUT2D eigenvalue weighted by Crippen LogP contribution is -2.39. The molecule has 0 radical (unpaired) electrons. The molecule has 0 bridgehead atoms. The van der Waals surface area contributed by atoms with Crippen LogP contribution in [-0.4, -0.2) is 56.1 Å². The van der Waals surface area contributed by atoms with Crippen molar-refractivity contribution in [3.8, 4) is 0 Å². The van der Waals surface area contributed by atoms with E-state index in [1.165, 1.54) is 19.1 Å². The molecule has 1 aromatic carbocycles. The van der Waals surface area contributed by atoms with Crippen molar-refractivity contribution in [3.63, 3.8) is 0 Å². The van der Waals surface area contributed by atoms with Crippen LogP contribution in [0, 0.1) is 5.82 Å². The third-order valence-corrected chi connectivity index (χ3v) is 7.92. The monoisotopic (exact) mass is 428 g/mol. The molecule has 1 N–H and O–H groups in total. The number of ether oxygens (including phenoxy) is 1. The van der Waals surface area contributed by atoms with Gasteiger partial charge in [-0.3, -0.25) is 4.79 Å². The van der Waals surface area contributed by atoms with Crippen molar-refractivity contribution in [3.05, 3.63) is 35.6 Å². The molecule has 11 heteroatoms. The number of halogens is 1. The fraction of sp³-hybridized carbons (Fsp3) is 0.471. The maximum atomic E-state index is 13.0. The molecule has 1 aliphatic heterocycles. The molecule has 28 heavy (non-hydrogen) atoms. The Bertz CT molecular complexity index is 927. The molecule has 0 aliphatic carbocycles. The smallest absolute Gasteiger partial charge is 0.239 e. The van der Waals surface area contributed by atoms with Crippen LogP contribution in [0.25, 0.3) is 0 Å². The predicted molar refractivity (Wildman–Crippen MR) is 103 cm³/mol. The third-order valence-electron chi connectivity index (χ3n) is 4.48. The quantitative estimate of drug-likeness (QED) is 0.745. The van der Waals surface area contributed by atoms with E-state index in [0.29, 0.717) is 37.0 Å². The highest BCUT2D eigenvalue weighted by molar-refractivity contribution is 7.94. The molecule has 0 spiro atoms. The second-order valence-corrected chi connectivity index (χ2v) is 9.82. The summed E-state index contributed by atoms with van der Waals surface area (Å²) < 4.78 is 43.7. The van der Waals surface area contributed by atoms with E-state index >= 15 is 0 Å². The van der Waals surface area contributed by atoms with Crippen LogP contribution < -0.4 is 10.2 Å². The summed E-state index contributed by atoms with van der Waals surface area (Å²) in [6.45, 7) is 5.33. The largest absolute Gasteiger partial charge is 0.378 e. The van der Waals surface area contributed by atoms with Gasteiger partial charge in [0, 0.05) is 13.1 Å². The van der Waals surface area contributed by atoms with Crippen LogP contribution in [-0.2, 0) is 19.4 Å². The molecule has 0 unspecified atom stereocenters. The summed E-state index contributed by atoms with van der Waals surface area (Å²) in [6, 6.07) is 5.18. The number of nitrogens with zero attached hydrogens (tertiary/aromatic N) is 3. The van der Waals surface area contributed by atoms with Gasteiger partial charge >= 0.3 is 0 Å². The van der Waals surface area contributed by atoms with Crippen LogP contribution in [0.2, 0.25) is 0 Å². The molecule has 1 aliphatic rings. The highest BCUT2D eigenvalue weighted by Crippen LogP contribution is 2.27. The number of aromatic nitrogens is 2. The summed E-state index contributed by atoms with van der Waals surface area (Å²) in [5.74, 6) is -1.04. The number of hydrogen-bond acceptors (Lipinski definition) is 8. The molecular weight excluding hydrogens is 407 g/mol. The van der Waals surface area contributed by atoms with Gasteiger partial charge in [-0.1, -0.05) is 23.5 Å². The van der Waals surface area contributed by atoms with Gasteiger partial charge in [0.1, 0.15) is 11.1 Å². The van der Waals surface area contributed by atoms with Crippen LogP contribution in [0.5, 0.6) is 0 Å². The number of hydrogen-bond donors (Lipinski definition) is 1. The van der Waals surface area contributed by atoms with Gasteiger partial charge in [0.15, 0.2) is 0 Å². The lowest BCUT2D eigenvalue weighted by Gasteiger charge is -2.25. The van der Waals surface area contributed by atoms with Crippen molar-refractivity contribution >= 4 is 32.2 Å². The number of sulfone groups is 1. The first-order chi connectivity index (χ1) is 13.3. The summed E-state index contributed by atoms with van der Waals surface area (Å²) in [6.07, 6.45) is 0. The number of morpholine rings is 1. The van der Waals surface area contributed by atoms with Gasteiger partial charge in [-0.05, 0) is 31.5 Å². The number of rotatable bonds is 6.